The number of allylic oxidation sites excluding steroid dienone is 6. The number of halogens is 1. The first-order chi connectivity index (χ1) is 4.79. The van der Waals surface area contributed by atoms with Crippen LogP contribution in [0.25, 0.3) is 0 Å². The first-order valence-corrected chi connectivity index (χ1v) is 4.23. The molecule has 0 heterocycles. The van der Waals surface area contributed by atoms with Gasteiger partial charge in [-0.15, -0.1) is 0 Å². The second kappa shape index (κ2) is 3.84. The Labute approximate surface area is 74.4 Å². The van der Waals surface area contributed by atoms with Gasteiger partial charge in [-0.1, -0.05) is 40.3 Å². The number of rotatable bonds is 0. The predicted molar refractivity (Wildman–Crippen MR) is 52.5 cm³/mol. The van der Waals surface area contributed by atoms with E-state index in [2.05, 4.69) is 22.0 Å². The van der Waals surface area contributed by atoms with E-state index in [4.69, 9.17) is 12.2 Å². The van der Waals surface area contributed by atoms with Gasteiger partial charge < -0.3 is 0 Å². The summed E-state index contributed by atoms with van der Waals surface area (Å²) in [5.41, 5.74) is 0. The van der Waals surface area contributed by atoms with Crippen LogP contribution in [0.5, 0.6) is 0 Å². The second-order valence-electron chi connectivity index (χ2n) is 1.96. The van der Waals surface area contributed by atoms with Gasteiger partial charge in [-0.3, -0.25) is 0 Å². The van der Waals surface area contributed by atoms with Crippen LogP contribution in [0.1, 0.15) is 6.42 Å². The van der Waals surface area contributed by atoms with Crippen LogP contribution in [-0.4, -0.2) is 4.86 Å². The zero-order valence-corrected chi connectivity index (χ0v) is 7.78. The van der Waals surface area contributed by atoms with Crippen LogP contribution in [0.15, 0.2) is 34.9 Å². The summed E-state index contributed by atoms with van der Waals surface area (Å²) in [4.78, 5) is 0.880. The maximum absolute atomic E-state index is 4.98. The molecule has 0 bridgehead atoms. The summed E-state index contributed by atoms with van der Waals surface area (Å²) < 4.78 is 1.10. The Hall–Kier alpha value is -0.210. The van der Waals surface area contributed by atoms with E-state index in [0.29, 0.717) is 0 Å². The van der Waals surface area contributed by atoms with Crippen molar-refractivity contribution in [3.63, 3.8) is 0 Å². The van der Waals surface area contributed by atoms with Crippen molar-refractivity contribution < 1.29 is 0 Å². The molecule has 0 spiro atoms. The van der Waals surface area contributed by atoms with E-state index in [0.717, 1.165) is 15.8 Å². The highest BCUT2D eigenvalue weighted by Gasteiger charge is 1.88. The summed E-state index contributed by atoms with van der Waals surface area (Å²) in [6, 6.07) is 0. The molecular formula is C8H7BrS. The molecule has 52 valence electrons. The van der Waals surface area contributed by atoms with Crippen LogP contribution in [0.2, 0.25) is 0 Å². The molecule has 0 fully saturated rings. The van der Waals surface area contributed by atoms with Gasteiger partial charge in [0.15, 0.2) is 0 Å². The molecular weight excluding hydrogens is 208 g/mol. The maximum atomic E-state index is 4.98. The van der Waals surface area contributed by atoms with Crippen molar-refractivity contribution in [3.05, 3.63) is 34.9 Å². The van der Waals surface area contributed by atoms with Crippen LogP contribution < -0.4 is 0 Å². The van der Waals surface area contributed by atoms with Crippen molar-refractivity contribution in [2.75, 3.05) is 0 Å². The third-order valence-electron chi connectivity index (χ3n) is 1.14. The van der Waals surface area contributed by atoms with Gasteiger partial charge in [0.2, 0.25) is 0 Å². The summed E-state index contributed by atoms with van der Waals surface area (Å²) in [6.07, 6.45) is 10.9. The summed E-state index contributed by atoms with van der Waals surface area (Å²) >= 11 is 8.36. The summed E-state index contributed by atoms with van der Waals surface area (Å²) in [5.74, 6) is 0. The molecule has 0 aromatic carbocycles. The first-order valence-electron chi connectivity index (χ1n) is 3.03. The quantitative estimate of drug-likeness (QED) is 0.559. The first kappa shape index (κ1) is 7.89. The van der Waals surface area contributed by atoms with Crippen molar-refractivity contribution in [1.29, 1.82) is 0 Å². The van der Waals surface area contributed by atoms with Gasteiger partial charge in [0.05, 0.1) is 0 Å². The lowest BCUT2D eigenvalue weighted by Gasteiger charge is -1.93. The topological polar surface area (TPSA) is 0 Å². The molecule has 0 nitrogen and oxygen atoms in total. The minimum absolute atomic E-state index is 0.880. The van der Waals surface area contributed by atoms with E-state index in [1.54, 1.807) is 0 Å². The van der Waals surface area contributed by atoms with Crippen LogP contribution >= 0.6 is 28.1 Å². The zero-order valence-electron chi connectivity index (χ0n) is 5.38. The Morgan fingerprint density at radius 1 is 1.30 bits per heavy atom. The molecule has 2 heteroatoms. The standard InChI is InChI=1S/C8H7BrS/c9-7-3-1-2-4-8(10)6-5-7/h2-6H,1H2/b4-2-,6-5?,7-3?. The third-order valence-corrected chi connectivity index (χ3v) is 2.00. The number of hydrogen-bond acceptors (Lipinski definition) is 1. The number of thiocarbonyl (C=S) groups is 1. The van der Waals surface area contributed by atoms with Crippen LogP contribution in [-0.2, 0) is 0 Å². The zero-order chi connectivity index (χ0) is 7.40. The predicted octanol–water partition coefficient (Wildman–Crippen LogP) is 3.15. The van der Waals surface area contributed by atoms with Gasteiger partial charge in [0.1, 0.15) is 0 Å². The highest BCUT2D eigenvalue weighted by Crippen LogP contribution is 2.10. The molecule has 0 amide bonds. The maximum Gasteiger partial charge on any atom is 0.0374 e. The fraction of sp³-hybridized carbons (Fsp3) is 0.125. The van der Waals surface area contributed by atoms with E-state index in [9.17, 15) is 0 Å². The highest BCUT2D eigenvalue weighted by atomic mass is 79.9. The van der Waals surface area contributed by atoms with Crippen molar-refractivity contribution in [3.8, 4) is 0 Å². The minimum Gasteiger partial charge on any atom is -0.0801 e. The van der Waals surface area contributed by atoms with E-state index in [1.807, 2.05) is 24.3 Å². The monoisotopic (exact) mass is 214 g/mol. The van der Waals surface area contributed by atoms with Crippen LogP contribution in [0.4, 0.5) is 0 Å². The molecule has 0 aromatic rings. The molecule has 0 aliphatic heterocycles. The van der Waals surface area contributed by atoms with Crippen molar-refractivity contribution in [2.24, 2.45) is 0 Å². The molecule has 0 saturated carbocycles. The molecule has 0 aromatic heterocycles. The Kier molecular flexibility index (Phi) is 3.03. The van der Waals surface area contributed by atoms with E-state index < -0.39 is 0 Å². The summed E-state index contributed by atoms with van der Waals surface area (Å²) in [5, 5.41) is 0. The SMILES string of the molecule is S=C1C=CC(Br)=CC/C=C\1. The van der Waals surface area contributed by atoms with Crippen LogP contribution in [0, 0.1) is 0 Å². The Morgan fingerprint density at radius 3 is 2.90 bits per heavy atom. The fourth-order valence-corrected chi connectivity index (χ4v) is 1.13. The average molecular weight is 215 g/mol. The van der Waals surface area contributed by atoms with Gasteiger partial charge in [0.25, 0.3) is 0 Å². The molecule has 0 atom stereocenters. The normalized spacial score (nSPS) is 21.3. The summed E-state index contributed by atoms with van der Waals surface area (Å²) in [6.45, 7) is 0. The summed E-state index contributed by atoms with van der Waals surface area (Å²) in [7, 11) is 0. The molecule has 0 unspecified atom stereocenters. The smallest absolute Gasteiger partial charge is 0.0374 e. The second-order valence-corrected chi connectivity index (χ2v) is 3.35. The Bertz CT molecular complexity index is 223. The van der Waals surface area contributed by atoms with Crippen LogP contribution in [0.3, 0.4) is 0 Å². The van der Waals surface area contributed by atoms with E-state index in [-0.39, 0.29) is 0 Å². The molecule has 0 radical (unpaired) electrons. The van der Waals surface area contributed by atoms with E-state index >= 15 is 0 Å². The highest BCUT2D eigenvalue weighted by molar-refractivity contribution is 9.11. The molecule has 1 rings (SSSR count). The Morgan fingerprint density at radius 2 is 2.10 bits per heavy atom. The minimum atomic E-state index is 0.880. The van der Waals surface area contributed by atoms with Gasteiger partial charge in [0, 0.05) is 9.35 Å². The molecule has 0 saturated heterocycles. The fourth-order valence-electron chi connectivity index (χ4n) is 0.650. The van der Waals surface area contributed by atoms with Gasteiger partial charge >= 0.3 is 0 Å². The van der Waals surface area contributed by atoms with E-state index in [1.165, 1.54) is 0 Å². The lowest BCUT2D eigenvalue weighted by atomic mass is 10.2. The lowest BCUT2D eigenvalue weighted by molar-refractivity contribution is 1.39. The molecule has 1 aliphatic rings. The van der Waals surface area contributed by atoms with Gasteiger partial charge in [-0.2, -0.15) is 0 Å². The van der Waals surface area contributed by atoms with Crippen molar-refractivity contribution >= 4 is 33.0 Å². The van der Waals surface area contributed by atoms with Crippen molar-refractivity contribution in [2.45, 2.75) is 6.42 Å². The lowest BCUT2D eigenvalue weighted by Crippen LogP contribution is -1.82. The molecule has 10 heavy (non-hydrogen) atoms. The Balaban J connectivity index is 2.81. The van der Waals surface area contributed by atoms with Gasteiger partial charge in [-0.25, -0.2) is 0 Å². The largest absolute Gasteiger partial charge is 0.0801 e. The number of hydrogen-bond donors (Lipinski definition) is 0. The molecule has 1 aliphatic carbocycles. The van der Waals surface area contributed by atoms with Gasteiger partial charge in [-0.05, 0) is 24.6 Å². The van der Waals surface area contributed by atoms with Crippen molar-refractivity contribution in [1.82, 2.24) is 0 Å². The molecule has 0 N–H and O–H groups in total. The third kappa shape index (κ3) is 2.58. The average Bonchev–Trinajstić information content (AvgIpc) is 1.90.